The Bertz CT molecular complexity index is 609. The molecule has 0 aliphatic rings. The monoisotopic (exact) mass is 506 g/mol. The summed E-state index contributed by atoms with van der Waals surface area (Å²) in [4.78, 5) is 0. The van der Waals surface area contributed by atoms with E-state index in [1.54, 1.807) is 0 Å². The molecule has 0 spiro atoms. The zero-order chi connectivity index (χ0) is 26.0. The molecule has 0 bridgehead atoms. The van der Waals surface area contributed by atoms with Gasteiger partial charge in [-0.25, -0.2) is 0 Å². The van der Waals surface area contributed by atoms with Gasteiger partial charge in [0.05, 0.1) is 5.60 Å². The van der Waals surface area contributed by atoms with Crippen molar-refractivity contribution in [2.45, 2.75) is 163 Å². The zero-order valence-corrected chi connectivity index (χ0v) is 25.4. The van der Waals surface area contributed by atoms with Gasteiger partial charge in [0.1, 0.15) is 0 Å². The molecule has 1 aromatic carbocycles. The van der Waals surface area contributed by atoms with E-state index in [1.807, 2.05) is 0 Å². The first kappa shape index (κ1) is 32.3. The SMILES string of the molecule is CCCCCCCCCC(C)(CCCCCCCC)O[Si](OC(C)C)(OC(C)C)c1ccccc1. The molecule has 35 heavy (non-hydrogen) atoms. The van der Waals surface area contributed by atoms with Gasteiger partial charge in [0.25, 0.3) is 0 Å². The number of hydrogen-bond donors (Lipinski definition) is 0. The van der Waals surface area contributed by atoms with Crippen molar-refractivity contribution in [3.63, 3.8) is 0 Å². The van der Waals surface area contributed by atoms with Crippen LogP contribution in [0.1, 0.15) is 145 Å². The van der Waals surface area contributed by atoms with Gasteiger partial charge in [0.2, 0.25) is 0 Å². The normalized spacial score (nSPS) is 14.1. The van der Waals surface area contributed by atoms with Crippen LogP contribution in [0.15, 0.2) is 30.3 Å². The third-order valence-electron chi connectivity index (χ3n) is 6.66. The molecule has 0 fully saturated rings. The molecule has 1 unspecified atom stereocenters. The highest BCUT2D eigenvalue weighted by molar-refractivity contribution is 6.75. The van der Waals surface area contributed by atoms with Crippen molar-refractivity contribution < 1.29 is 13.3 Å². The van der Waals surface area contributed by atoms with E-state index in [2.05, 4.69) is 78.8 Å². The van der Waals surface area contributed by atoms with Gasteiger partial charge in [-0.05, 0) is 47.5 Å². The lowest BCUT2D eigenvalue weighted by Gasteiger charge is -2.41. The molecule has 0 aliphatic heterocycles. The molecule has 1 atom stereocenters. The van der Waals surface area contributed by atoms with E-state index in [1.165, 1.54) is 83.5 Å². The van der Waals surface area contributed by atoms with Crippen molar-refractivity contribution in [1.82, 2.24) is 0 Å². The van der Waals surface area contributed by atoms with Gasteiger partial charge in [0.15, 0.2) is 0 Å². The van der Waals surface area contributed by atoms with E-state index in [0.717, 1.165) is 18.0 Å². The maximum atomic E-state index is 7.20. The van der Waals surface area contributed by atoms with Crippen molar-refractivity contribution in [1.29, 1.82) is 0 Å². The highest BCUT2D eigenvalue weighted by Crippen LogP contribution is 2.32. The smallest absolute Gasteiger partial charge is 0.367 e. The molecule has 0 radical (unpaired) electrons. The Morgan fingerprint density at radius 1 is 0.629 bits per heavy atom. The minimum absolute atomic E-state index is 0.0393. The average Bonchev–Trinajstić information content (AvgIpc) is 2.80. The number of rotatable bonds is 22. The fourth-order valence-corrected chi connectivity index (χ4v) is 8.06. The van der Waals surface area contributed by atoms with Crippen molar-refractivity contribution in [3.8, 4) is 0 Å². The summed E-state index contributed by atoms with van der Waals surface area (Å²) in [5.41, 5.74) is -0.236. The van der Waals surface area contributed by atoms with E-state index < -0.39 is 8.80 Å². The summed E-state index contributed by atoms with van der Waals surface area (Å²) in [5.74, 6) is 0. The van der Waals surface area contributed by atoms with Crippen LogP contribution in [0.4, 0.5) is 0 Å². The Kier molecular flexibility index (Phi) is 17.1. The van der Waals surface area contributed by atoms with Crippen LogP contribution in [0.5, 0.6) is 0 Å². The summed E-state index contributed by atoms with van der Waals surface area (Å²) in [6, 6.07) is 10.5. The minimum atomic E-state index is -3.10. The lowest BCUT2D eigenvalue weighted by molar-refractivity contribution is -0.0443. The maximum absolute atomic E-state index is 7.20. The number of hydrogen-bond acceptors (Lipinski definition) is 3. The molecule has 0 N–H and O–H groups in total. The second-order valence-electron chi connectivity index (χ2n) is 11.2. The summed E-state index contributed by atoms with van der Waals surface area (Å²) in [6.07, 6.45) is 19.3. The highest BCUT2D eigenvalue weighted by atomic mass is 28.4. The van der Waals surface area contributed by atoms with Crippen molar-refractivity contribution in [2.24, 2.45) is 0 Å². The van der Waals surface area contributed by atoms with Crippen LogP contribution in [0, 0.1) is 0 Å². The quantitative estimate of drug-likeness (QED) is 0.116. The summed E-state index contributed by atoms with van der Waals surface area (Å²) >= 11 is 0. The summed E-state index contributed by atoms with van der Waals surface area (Å²) in [7, 11) is -3.10. The van der Waals surface area contributed by atoms with E-state index in [9.17, 15) is 0 Å². The molecule has 1 rings (SSSR count). The molecule has 0 aliphatic carbocycles. The summed E-state index contributed by atoms with van der Waals surface area (Å²) in [6.45, 7) is 15.3. The van der Waals surface area contributed by atoms with Gasteiger partial charge in [0, 0.05) is 17.4 Å². The van der Waals surface area contributed by atoms with Crippen LogP contribution >= 0.6 is 0 Å². The van der Waals surface area contributed by atoms with Gasteiger partial charge >= 0.3 is 8.80 Å². The molecule has 204 valence electrons. The van der Waals surface area contributed by atoms with E-state index in [4.69, 9.17) is 13.3 Å². The second kappa shape index (κ2) is 18.5. The first-order valence-corrected chi connectivity index (χ1v) is 16.6. The molecule has 0 aromatic heterocycles. The van der Waals surface area contributed by atoms with Gasteiger partial charge < -0.3 is 13.3 Å². The number of benzene rings is 1. The molecule has 0 amide bonds. The van der Waals surface area contributed by atoms with Crippen molar-refractivity contribution in [3.05, 3.63) is 30.3 Å². The third kappa shape index (κ3) is 14.0. The Hall–Kier alpha value is -0.683. The standard InChI is InChI=1S/C31H58O3Si/c1-8-10-12-14-16-18-23-27-31(7,26-22-17-15-13-11-9-2)34-35(32-28(3)4,33-29(5)6)30-24-20-19-21-25-30/h19-21,24-25,28-29H,8-18,22-23,26-27H2,1-7H3. The first-order chi connectivity index (χ1) is 16.8. The van der Waals surface area contributed by atoms with Crippen LogP contribution in [-0.2, 0) is 13.3 Å². The van der Waals surface area contributed by atoms with Crippen molar-refractivity contribution in [2.75, 3.05) is 0 Å². The molecule has 0 saturated heterocycles. The van der Waals surface area contributed by atoms with Crippen LogP contribution in [0.3, 0.4) is 0 Å². The molecule has 3 nitrogen and oxygen atoms in total. The molecular weight excluding hydrogens is 448 g/mol. The van der Waals surface area contributed by atoms with Crippen LogP contribution in [0.25, 0.3) is 0 Å². The molecule has 0 saturated carbocycles. The Morgan fingerprint density at radius 3 is 1.43 bits per heavy atom. The first-order valence-electron chi connectivity index (χ1n) is 14.9. The minimum Gasteiger partial charge on any atom is -0.367 e. The summed E-state index contributed by atoms with van der Waals surface area (Å²) in [5, 5.41) is 1.08. The lowest BCUT2D eigenvalue weighted by atomic mass is 9.91. The van der Waals surface area contributed by atoms with Crippen LogP contribution in [-0.4, -0.2) is 26.6 Å². The van der Waals surface area contributed by atoms with Gasteiger partial charge in [-0.15, -0.1) is 0 Å². The Labute approximate surface area is 220 Å². The second-order valence-corrected chi connectivity index (χ2v) is 13.6. The fraction of sp³-hybridized carbons (Fsp3) is 0.806. The Morgan fingerprint density at radius 2 is 1.03 bits per heavy atom. The van der Waals surface area contributed by atoms with E-state index >= 15 is 0 Å². The molecule has 0 heterocycles. The topological polar surface area (TPSA) is 27.7 Å². The Balaban J connectivity index is 3.02. The fourth-order valence-electron chi connectivity index (χ4n) is 4.82. The zero-order valence-electron chi connectivity index (χ0n) is 24.4. The van der Waals surface area contributed by atoms with Crippen molar-refractivity contribution >= 4 is 14.0 Å². The van der Waals surface area contributed by atoms with Crippen LogP contribution in [0.2, 0.25) is 0 Å². The van der Waals surface area contributed by atoms with E-state index in [0.29, 0.717) is 0 Å². The van der Waals surface area contributed by atoms with Gasteiger partial charge in [-0.1, -0.05) is 128 Å². The largest absolute Gasteiger partial charge is 0.538 e. The summed E-state index contributed by atoms with van der Waals surface area (Å²) < 4.78 is 20.5. The van der Waals surface area contributed by atoms with Crippen LogP contribution < -0.4 is 5.19 Å². The maximum Gasteiger partial charge on any atom is 0.538 e. The van der Waals surface area contributed by atoms with Gasteiger partial charge in [-0.3, -0.25) is 0 Å². The van der Waals surface area contributed by atoms with Gasteiger partial charge in [-0.2, -0.15) is 0 Å². The highest BCUT2D eigenvalue weighted by Gasteiger charge is 2.50. The predicted molar refractivity (Wildman–Crippen MR) is 154 cm³/mol. The molecule has 1 aromatic rings. The third-order valence-corrected chi connectivity index (χ3v) is 10.0. The average molecular weight is 507 g/mol. The number of unbranched alkanes of at least 4 members (excludes halogenated alkanes) is 11. The molecular formula is C31H58O3Si. The predicted octanol–water partition coefficient (Wildman–Crippen LogP) is 9.35. The molecule has 4 heteroatoms. The lowest BCUT2D eigenvalue weighted by Crippen LogP contribution is -2.62. The van der Waals surface area contributed by atoms with E-state index in [-0.39, 0.29) is 17.8 Å².